The molecular formula is C12H18NU. The molecule has 1 nitrogen and oxygen atoms in total. The largest absolute Gasteiger partial charge is 3.00 e. The number of hydrogen-bond donors (Lipinski definition) is 0. The van der Waals surface area contributed by atoms with Crippen LogP contribution < -0.4 is 0 Å². The first kappa shape index (κ1) is 16.7. The summed E-state index contributed by atoms with van der Waals surface area (Å²) in [5, 5.41) is 0. The minimum absolute atomic E-state index is 0. The monoisotopic (exact) mass is 414 g/mol. The standard InChI is InChI=1S/C6H13N.C6H5.U/c1-4-7(5-2)6-3;1-2-4-6-5-3-1;/h1-2,4-6H2,3H3;1-5H;/q-2;-1;+3. The molecule has 0 atom stereocenters. The Morgan fingerprint density at radius 1 is 1.07 bits per heavy atom. The molecule has 0 aliphatic heterocycles. The third-order valence-electron chi connectivity index (χ3n) is 1.69. The second-order valence-electron chi connectivity index (χ2n) is 2.51. The van der Waals surface area contributed by atoms with E-state index in [2.05, 4.69) is 31.7 Å². The summed E-state index contributed by atoms with van der Waals surface area (Å²) in [7, 11) is 0. The summed E-state index contributed by atoms with van der Waals surface area (Å²) in [5.41, 5.74) is 0. The second-order valence-corrected chi connectivity index (χ2v) is 2.51. The van der Waals surface area contributed by atoms with Crippen LogP contribution in [-0.4, -0.2) is 24.5 Å². The van der Waals surface area contributed by atoms with E-state index in [0.29, 0.717) is 0 Å². The van der Waals surface area contributed by atoms with Crippen LogP contribution in [0.15, 0.2) is 30.3 Å². The van der Waals surface area contributed by atoms with Crippen LogP contribution in [0, 0.1) is 51.0 Å². The van der Waals surface area contributed by atoms with Crippen LogP contribution in [-0.2, 0) is 0 Å². The Bertz CT molecular complexity index is 141. The van der Waals surface area contributed by atoms with E-state index in [4.69, 9.17) is 0 Å². The SMILES string of the molecule is [CH2-]CN(C[CH2-])CC.[U+3].[c-]1ccccc1. The quantitative estimate of drug-likeness (QED) is 0.688. The molecule has 0 N–H and O–H groups in total. The molecule has 0 saturated heterocycles. The average molecular weight is 414 g/mol. The molecule has 0 aliphatic rings. The van der Waals surface area contributed by atoms with E-state index in [1.165, 1.54) is 0 Å². The fourth-order valence-electron chi connectivity index (χ4n) is 0.770. The summed E-state index contributed by atoms with van der Waals surface area (Å²) in [4.78, 5) is 2.15. The van der Waals surface area contributed by atoms with E-state index in [1.807, 2.05) is 30.3 Å². The molecule has 1 rings (SSSR count). The van der Waals surface area contributed by atoms with Crippen molar-refractivity contribution < 1.29 is 31.1 Å². The third-order valence-corrected chi connectivity index (χ3v) is 1.69. The number of nitrogens with zero attached hydrogens (tertiary/aromatic N) is 1. The molecule has 0 spiro atoms. The van der Waals surface area contributed by atoms with Crippen molar-refractivity contribution in [3.05, 3.63) is 50.2 Å². The zero-order chi connectivity index (χ0) is 9.94. The first-order valence-electron chi connectivity index (χ1n) is 4.57. The van der Waals surface area contributed by atoms with Crippen LogP contribution >= 0.6 is 0 Å². The zero-order valence-electron chi connectivity index (χ0n) is 8.87. The van der Waals surface area contributed by atoms with Gasteiger partial charge in [-0.1, -0.05) is 6.92 Å². The van der Waals surface area contributed by atoms with Gasteiger partial charge >= 0.3 is 31.1 Å². The van der Waals surface area contributed by atoms with E-state index in [9.17, 15) is 0 Å². The van der Waals surface area contributed by atoms with E-state index in [0.717, 1.165) is 19.6 Å². The molecule has 0 aliphatic carbocycles. The maximum absolute atomic E-state index is 3.71. The van der Waals surface area contributed by atoms with Crippen LogP contribution in [0.3, 0.4) is 0 Å². The van der Waals surface area contributed by atoms with Gasteiger partial charge in [0.05, 0.1) is 0 Å². The fraction of sp³-hybridized carbons (Fsp3) is 0.333. The molecule has 0 fully saturated rings. The number of benzene rings is 1. The molecule has 0 aromatic heterocycles. The van der Waals surface area contributed by atoms with Crippen molar-refractivity contribution in [2.45, 2.75) is 6.92 Å². The van der Waals surface area contributed by atoms with Gasteiger partial charge in [-0.05, 0) is 6.54 Å². The molecule has 0 bridgehead atoms. The molecule has 0 heterocycles. The first-order valence-corrected chi connectivity index (χ1v) is 4.57. The molecule has 0 unspecified atom stereocenters. The molecule has 2 heteroatoms. The summed E-state index contributed by atoms with van der Waals surface area (Å²) in [6.07, 6.45) is 0. The normalized spacial score (nSPS) is 8.57. The minimum Gasteiger partial charge on any atom is -0.363 e. The Balaban J connectivity index is 0. The number of hydrogen-bond acceptors (Lipinski definition) is 1. The van der Waals surface area contributed by atoms with Gasteiger partial charge in [0.2, 0.25) is 0 Å². The van der Waals surface area contributed by atoms with Crippen molar-refractivity contribution in [2.24, 2.45) is 0 Å². The topological polar surface area (TPSA) is 3.24 Å². The molecular weight excluding hydrogens is 396 g/mol. The van der Waals surface area contributed by atoms with E-state index in [-0.39, 0.29) is 31.1 Å². The first-order chi connectivity index (χ1) is 6.35. The van der Waals surface area contributed by atoms with E-state index >= 15 is 0 Å². The zero-order valence-corrected chi connectivity index (χ0v) is 13.0. The smallest absolute Gasteiger partial charge is 0.363 e. The van der Waals surface area contributed by atoms with Crippen molar-refractivity contribution in [1.29, 1.82) is 0 Å². The van der Waals surface area contributed by atoms with Crippen molar-refractivity contribution >= 4 is 0 Å². The molecule has 0 saturated carbocycles. The Kier molecular flexibility index (Phi) is 15.7. The van der Waals surface area contributed by atoms with Crippen LogP contribution in [0.25, 0.3) is 0 Å². The van der Waals surface area contributed by atoms with Gasteiger partial charge in [0.1, 0.15) is 0 Å². The van der Waals surface area contributed by atoms with Crippen LogP contribution in [0.4, 0.5) is 0 Å². The van der Waals surface area contributed by atoms with Crippen LogP contribution in [0.5, 0.6) is 0 Å². The Morgan fingerprint density at radius 2 is 1.57 bits per heavy atom. The predicted octanol–water partition coefficient (Wildman–Crippen LogP) is 2.46. The summed E-state index contributed by atoms with van der Waals surface area (Å²) >= 11 is 0. The molecule has 14 heavy (non-hydrogen) atoms. The van der Waals surface area contributed by atoms with Gasteiger partial charge in [0.25, 0.3) is 0 Å². The maximum Gasteiger partial charge on any atom is 3.00 e. The molecule has 1 radical (unpaired) electrons. The van der Waals surface area contributed by atoms with Crippen molar-refractivity contribution in [3.63, 3.8) is 0 Å². The Hall–Kier alpha value is 0.232. The van der Waals surface area contributed by atoms with Gasteiger partial charge in [-0.25, -0.2) is 0 Å². The third kappa shape index (κ3) is 10.3. The summed E-state index contributed by atoms with van der Waals surface area (Å²) in [6.45, 7) is 12.3. The van der Waals surface area contributed by atoms with Gasteiger partial charge in [0, 0.05) is 0 Å². The van der Waals surface area contributed by atoms with Gasteiger partial charge in [0.15, 0.2) is 0 Å². The van der Waals surface area contributed by atoms with Gasteiger partial charge in [-0.15, -0.1) is 13.1 Å². The Labute approximate surface area is 112 Å². The Morgan fingerprint density at radius 3 is 1.64 bits per heavy atom. The van der Waals surface area contributed by atoms with Crippen LogP contribution in [0.1, 0.15) is 6.92 Å². The summed E-state index contributed by atoms with van der Waals surface area (Å²) in [5.74, 6) is 0. The van der Waals surface area contributed by atoms with Gasteiger partial charge in [-0.3, -0.25) is 0 Å². The minimum atomic E-state index is 0. The average Bonchev–Trinajstić information content (AvgIpc) is 2.24. The van der Waals surface area contributed by atoms with Crippen LogP contribution in [0.2, 0.25) is 0 Å². The summed E-state index contributed by atoms with van der Waals surface area (Å²) in [6, 6.07) is 12.5. The fourth-order valence-corrected chi connectivity index (χ4v) is 0.770. The predicted molar refractivity (Wildman–Crippen MR) is 58.1 cm³/mol. The van der Waals surface area contributed by atoms with E-state index in [1.54, 1.807) is 0 Å². The molecule has 1 aromatic rings. The maximum atomic E-state index is 3.71. The number of rotatable bonds is 3. The van der Waals surface area contributed by atoms with Crippen molar-refractivity contribution in [3.8, 4) is 0 Å². The molecule has 1 aromatic carbocycles. The van der Waals surface area contributed by atoms with Crippen molar-refractivity contribution in [2.75, 3.05) is 19.6 Å². The van der Waals surface area contributed by atoms with Crippen molar-refractivity contribution in [1.82, 2.24) is 4.90 Å². The van der Waals surface area contributed by atoms with E-state index < -0.39 is 0 Å². The molecule has 75 valence electrons. The van der Waals surface area contributed by atoms with Gasteiger partial charge in [-0.2, -0.15) is 36.4 Å². The van der Waals surface area contributed by atoms with Gasteiger partial charge < -0.3 is 18.7 Å². The summed E-state index contributed by atoms with van der Waals surface area (Å²) < 4.78 is 0. The molecule has 0 amide bonds. The second kappa shape index (κ2) is 13.2.